The van der Waals surface area contributed by atoms with Crippen LogP contribution < -0.4 is 0 Å². The predicted octanol–water partition coefficient (Wildman–Crippen LogP) is 7.25. The number of benzene rings is 3. The van der Waals surface area contributed by atoms with Crippen LogP contribution in [0.25, 0.3) is 12.2 Å². The van der Waals surface area contributed by atoms with Crippen molar-refractivity contribution in [3.63, 3.8) is 0 Å². The Kier molecular flexibility index (Phi) is 7.12. The molecule has 2 atom stereocenters. The van der Waals surface area contributed by atoms with Gasteiger partial charge in [0, 0.05) is 5.56 Å². The molecule has 0 saturated heterocycles. The Morgan fingerprint density at radius 2 is 1.30 bits per heavy atom. The molecular weight excluding hydrogens is 516 g/mol. The molecule has 0 saturated carbocycles. The number of halogens is 2. The lowest BCUT2D eigenvalue weighted by Crippen LogP contribution is -2.05. The number of hydrogen-bond acceptors (Lipinski definition) is 4. The van der Waals surface area contributed by atoms with Crippen molar-refractivity contribution >= 4 is 55.4 Å². The zero-order chi connectivity index (χ0) is 21.7. The Morgan fingerprint density at radius 1 is 0.733 bits per heavy atom. The summed E-state index contributed by atoms with van der Waals surface area (Å²) in [6.07, 6.45) is 3.34. The van der Waals surface area contributed by atoms with E-state index in [9.17, 15) is 20.2 Å². The first kappa shape index (κ1) is 21.9. The molecule has 0 N–H and O–H groups in total. The number of nitro benzene ring substituents is 2. The standard InChI is InChI=1S/C22H16Br2N2O4/c23-21(16-9-5-2-6-10-16)22(24)18-13-17(12-11-15-7-3-1-4-8-15)19(25(27)28)14-20(18)26(29)30/h1-14,21-22H/b12-11-/t21-,22+/m1/s1. The number of nitrogens with zero attached hydrogens (tertiary/aromatic N) is 2. The Morgan fingerprint density at radius 3 is 1.87 bits per heavy atom. The zero-order valence-electron chi connectivity index (χ0n) is 15.5. The normalized spacial score (nSPS) is 13.1. The smallest absolute Gasteiger partial charge is 0.258 e. The maximum atomic E-state index is 11.7. The van der Waals surface area contributed by atoms with Gasteiger partial charge in [0.2, 0.25) is 0 Å². The Balaban J connectivity index is 2.10. The molecule has 3 aromatic rings. The van der Waals surface area contributed by atoms with Gasteiger partial charge in [-0.3, -0.25) is 20.2 Å². The number of alkyl halides is 2. The van der Waals surface area contributed by atoms with Gasteiger partial charge in [0.1, 0.15) is 0 Å². The average molecular weight is 532 g/mol. The maximum Gasteiger partial charge on any atom is 0.283 e. The van der Waals surface area contributed by atoms with Crippen LogP contribution in [-0.2, 0) is 0 Å². The van der Waals surface area contributed by atoms with E-state index in [0.717, 1.165) is 17.2 Å². The third kappa shape index (κ3) is 5.01. The Hall–Kier alpha value is -2.84. The number of hydrogen-bond donors (Lipinski definition) is 0. The Labute approximate surface area is 189 Å². The first-order valence-electron chi connectivity index (χ1n) is 8.91. The van der Waals surface area contributed by atoms with Crippen molar-refractivity contribution in [3.05, 3.63) is 115 Å². The van der Waals surface area contributed by atoms with Gasteiger partial charge in [0.25, 0.3) is 11.4 Å². The minimum atomic E-state index is -0.604. The third-order valence-electron chi connectivity index (χ3n) is 4.50. The molecule has 0 unspecified atom stereocenters. The van der Waals surface area contributed by atoms with Gasteiger partial charge in [-0.1, -0.05) is 98.6 Å². The molecule has 0 aliphatic rings. The fraction of sp³-hybridized carbons (Fsp3) is 0.0909. The largest absolute Gasteiger partial charge is 0.283 e. The second kappa shape index (κ2) is 9.77. The van der Waals surface area contributed by atoms with Crippen molar-refractivity contribution < 1.29 is 9.85 Å². The molecular formula is C22H16Br2N2O4. The highest BCUT2D eigenvalue weighted by atomic mass is 79.9. The topological polar surface area (TPSA) is 86.3 Å². The first-order chi connectivity index (χ1) is 14.4. The molecule has 0 spiro atoms. The molecule has 0 aliphatic carbocycles. The van der Waals surface area contributed by atoms with Crippen LogP contribution in [0, 0.1) is 20.2 Å². The lowest BCUT2D eigenvalue weighted by atomic mass is 9.98. The van der Waals surface area contributed by atoms with E-state index >= 15 is 0 Å². The van der Waals surface area contributed by atoms with Crippen molar-refractivity contribution in [2.24, 2.45) is 0 Å². The van der Waals surface area contributed by atoms with Crippen molar-refractivity contribution in [1.29, 1.82) is 0 Å². The summed E-state index contributed by atoms with van der Waals surface area (Å²) in [5, 5.41) is 23.3. The molecule has 0 aliphatic heterocycles. The quantitative estimate of drug-likeness (QED) is 0.139. The van der Waals surface area contributed by atoms with Crippen LogP contribution in [0.4, 0.5) is 11.4 Å². The number of rotatable bonds is 7. The van der Waals surface area contributed by atoms with E-state index < -0.39 is 14.7 Å². The summed E-state index contributed by atoms with van der Waals surface area (Å²) in [6.45, 7) is 0. The number of nitro groups is 2. The van der Waals surface area contributed by atoms with Gasteiger partial charge in [0.05, 0.1) is 31.1 Å². The fourth-order valence-electron chi connectivity index (χ4n) is 3.00. The van der Waals surface area contributed by atoms with Crippen molar-refractivity contribution in [3.8, 4) is 0 Å². The van der Waals surface area contributed by atoms with Crippen LogP contribution in [0.15, 0.2) is 72.8 Å². The van der Waals surface area contributed by atoms with Crippen LogP contribution in [0.3, 0.4) is 0 Å². The monoisotopic (exact) mass is 530 g/mol. The molecule has 0 radical (unpaired) electrons. The van der Waals surface area contributed by atoms with Crippen LogP contribution in [0.1, 0.15) is 31.9 Å². The molecule has 30 heavy (non-hydrogen) atoms. The van der Waals surface area contributed by atoms with E-state index in [1.165, 1.54) is 6.07 Å². The zero-order valence-corrected chi connectivity index (χ0v) is 18.7. The van der Waals surface area contributed by atoms with Gasteiger partial charge in [-0.05, 0) is 23.3 Å². The summed E-state index contributed by atoms with van der Waals surface area (Å²) >= 11 is 7.15. The van der Waals surface area contributed by atoms with Gasteiger partial charge in [-0.2, -0.15) is 0 Å². The van der Waals surface area contributed by atoms with Crippen LogP contribution in [0.5, 0.6) is 0 Å². The molecule has 0 heterocycles. The van der Waals surface area contributed by atoms with Gasteiger partial charge >= 0.3 is 0 Å². The second-order valence-corrected chi connectivity index (χ2v) is 8.42. The van der Waals surface area contributed by atoms with Gasteiger partial charge < -0.3 is 0 Å². The predicted molar refractivity (Wildman–Crippen MR) is 125 cm³/mol. The summed E-state index contributed by atoms with van der Waals surface area (Å²) in [5.74, 6) is 0. The van der Waals surface area contributed by atoms with Gasteiger partial charge in [0.15, 0.2) is 0 Å². The highest BCUT2D eigenvalue weighted by Gasteiger charge is 2.30. The first-order valence-corrected chi connectivity index (χ1v) is 10.7. The average Bonchev–Trinajstić information content (AvgIpc) is 2.77. The van der Waals surface area contributed by atoms with E-state index in [1.54, 1.807) is 12.2 Å². The third-order valence-corrected chi connectivity index (χ3v) is 7.29. The molecule has 3 rings (SSSR count). The van der Waals surface area contributed by atoms with Crippen LogP contribution in [-0.4, -0.2) is 9.85 Å². The molecule has 0 bridgehead atoms. The van der Waals surface area contributed by atoms with Crippen molar-refractivity contribution in [2.45, 2.75) is 9.65 Å². The summed E-state index contributed by atoms with van der Waals surface area (Å²) in [5.41, 5.74) is 1.81. The molecule has 152 valence electrons. The summed E-state index contributed by atoms with van der Waals surface area (Å²) in [6, 6.07) is 21.3. The highest BCUT2D eigenvalue weighted by Crippen LogP contribution is 2.46. The maximum absolute atomic E-state index is 11.7. The molecule has 8 heteroatoms. The van der Waals surface area contributed by atoms with E-state index in [1.807, 2.05) is 60.7 Å². The minimum absolute atomic E-state index is 0.273. The molecule has 0 fully saturated rings. The molecule has 3 aromatic carbocycles. The van der Waals surface area contributed by atoms with Gasteiger partial charge in [-0.25, -0.2) is 0 Å². The summed E-state index contributed by atoms with van der Waals surface area (Å²) in [4.78, 5) is 21.3. The molecule has 6 nitrogen and oxygen atoms in total. The summed E-state index contributed by atoms with van der Waals surface area (Å²) in [7, 11) is 0. The highest BCUT2D eigenvalue weighted by molar-refractivity contribution is 9.12. The van der Waals surface area contributed by atoms with E-state index in [4.69, 9.17) is 0 Å². The van der Waals surface area contributed by atoms with Crippen LogP contribution >= 0.6 is 31.9 Å². The summed E-state index contributed by atoms with van der Waals surface area (Å²) < 4.78 is 0. The lowest BCUT2D eigenvalue weighted by Gasteiger charge is -2.18. The van der Waals surface area contributed by atoms with Crippen molar-refractivity contribution in [1.82, 2.24) is 0 Å². The van der Waals surface area contributed by atoms with Crippen LogP contribution in [0.2, 0.25) is 0 Å². The lowest BCUT2D eigenvalue weighted by molar-refractivity contribution is -0.394. The van der Waals surface area contributed by atoms with E-state index in [-0.39, 0.29) is 16.2 Å². The SMILES string of the molecule is O=[N+]([O-])c1cc([N+](=O)[O-])c([C@H](Br)[C@H](Br)c2ccccc2)cc1/C=C\c1ccccc1. The second-order valence-electron chi connectivity index (χ2n) is 6.44. The Bertz CT molecular complexity index is 1090. The van der Waals surface area contributed by atoms with E-state index in [2.05, 4.69) is 31.9 Å². The molecule has 0 aromatic heterocycles. The minimum Gasteiger partial charge on any atom is -0.258 e. The van der Waals surface area contributed by atoms with Crippen molar-refractivity contribution in [2.75, 3.05) is 0 Å². The molecule has 0 amide bonds. The fourth-order valence-corrected chi connectivity index (χ4v) is 4.26. The van der Waals surface area contributed by atoms with E-state index in [0.29, 0.717) is 11.1 Å². The van der Waals surface area contributed by atoms with Gasteiger partial charge in [-0.15, -0.1) is 0 Å².